The molecule has 204 valence electrons. The van der Waals surface area contributed by atoms with E-state index in [9.17, 15) is 39.0 Å². The third-order valence-corrected chi connectivity index (χ3v) is 5.28. The first-order valence-corrected chi connectivity index (χ1v) is 11.4. The molecule has 10 N–H and O–H groups in total. The number of carbonyl (C=O) groups excluding carboxylic acids is 4. The molecule has 0 saturated heterocycles. The average molecular weight is 524 g/mol. The van der Waals surface area contributed by atoms with Gasteiger partial charge in [0.05, 0.1) is 12.5 Å². The fourth-order valence-corrected chi connectivity index (χ4v) is 3.24. The number of carboxylic acid groups (broad SMARTS) is 2. The zero-order chi connectivity index (χ0) is 28.3. The predicted molar refractivity (Wildman–Crippen MR) is 129 cm³/mol. The van der Waals surface area contributed by atoms with E-state index in [0.717, 1.165) is 0 Å². The van der Waals surface area contributed by atoms with Crippen LogP contribution in [0, 0.1) is 5.92 Å². The molecule has 4 amide bonds. The summed E-state index contributed by atoms with van der Waals surface area (Å²) in [7, 11) is 0. The molecule has 14 nitrogen and oxygen atoms in total. The zero-order valence-corrected chi connectivity index (χ0v) is 20.5. The van der Waals surface area contributed by atoms with Crippen molar-refractivity contribution in [1.29, 1.82) is 0 Å². The number of phenols is 1. The van der Waals surface area contributed by atoms with Crippen molar-refractivity contribution >= 4 is 35.6 Å². The Bertz CT molecular complexity index is 997. The number of carbonyl (C=O) groups is 6. The summed E-state index contributed by atoms with van der Waals surface area (Å²) in [5.74, 6) is -6.61. The van der Waals surface area contributed by atoms with Crippen molar-refractivity contribution in [3.63, 3.8) is 0 Å². The molecule has 1 aromatic carbocycles. The van der Waals surface area contributed by atoms with Crippen molar-refractivity contribution in [3.8, 4) is 5.75 Å². The van der Waals surface area contributed by atoms with E-state index in [-0.39, 0.29) is 18.6 Å². The number of hydrogen-bond acceptors (Lipinski definition) is 8. The van der Waals surface area contributed by atoms with Crippen LogP contribution in [0.25, 0.3) is 0 Å². The molecule has 0 saturated carbocycles. The van der Waals surface area contributed by atoms with Gasteiger partial charge in [0.2, 0.25) is 23.6 Å². The fourth-order valence-electron chi connectivity index (χ4n) is 3.24. The van der Waals surface area contributed by atoms with Crippen LogP contribution in [0.3, 0.4) is 0 Å². The van der Waals surface area contributed by atoms with Crippen molar-refractivity contribution < 1.29 is 44.1 Å². The van der Waals surface area contributed by atoms with Crippen LogP contribution < -0.4 is 27.4 Å². The first-order valence-electron chi connectivity index (χ1n) is 11.4. The summed E-state index contributed by atoms with van der Waals surface area (Å²) in [4.78, 5) is 71.9. The van der Waals surface area contributed by atoms with Gasteiger partial charge in [0.25, 0.3) is 0 Å². The topological polar surface area (TPSA) is 251 Å². The standard InChI is InChI=1S/C23H33N5O9/c1-11(2)19(22(35)27-16(23(36)37)9-12-3-5-13(29)6-4-12)28-21(34)15(7-8-18(31)32)26-20(33)14(24)10-17(25)30/h3-6,11,14-16,19,29H,7-10,24H2,1-2H3,(H2,25,30)(H,26,33)(H,27,35)(H,28,34)(H,31,32)(H,36,37). The Labute approximate surface area is 212 Å². The molecule has 0 radical (unpaired) electrons. The molecule has 0 aliphatic heterocycles. The van der Waals surface area contributed by atoms with Gasteiger partial charge in [-0.15, -0.1) is 0 Å². The number of aliphatic carboxylic acids is 2. The Kier molecular flexibility index (Phi) is 12.0. The number of nitrogens with one attached hydrogen (secondary N) is 3. The number of carboxylic acids is 2. The van der Waals surface area contributed by atoms with E-state index in [1.165, 1.54) is 24.3 Å². The van der Waals surface area contributed by atoms with E-state index in [1.54, 1.807) is 13.8 Å². The third kappa shape index (κ3) is 10.9. The summed E-state index contributed by atoms with van der Waals surface area (Å²) in [5, 5.41) is 35.0. The van der Waals surface area contributed by atoms with Crippen molar-refractivity contribution in [2.75, 3.05) is 0 Å². The Morgan fingerprint density at radius 2 is 1.43 bits per heavy atom. The van der Waals surface area contributed by atoms with Gasteiger partial charge in [-0.1, -0.05) is 26.0 Å². The van der Waals surface area contributed by atoms with Crippen LogP contribution in [-0.4, -0.2) is 75.1 Å². The van der Waals surface area contributed by atoms with Gasteiger partial charge in [-0.25, -0.2) is 4.79 Å². The molecule has 37 heavy (non-hydrogen) atoms. The van der Waals surface area contributed by atoms with E-state index in [0.29, 0.717) is 5.56 Å². The predicted octanol–water partition coefficient (Wildman–Crippen LogP) is -1.80. The first-order chi connectivity index (χ1) is 17.2. The minimum atomic E-state index is -1.41. The lowest BCUT2D eigenvalue weighted by Crippen LogP contribution is -2.58. The Balaban J connectivity index is 3.00. The normalized spacial score (nSPS) is 14.1. The van der Waals surface area contributed by atoms with Crippen LogP contribution in [0.1, 0.15) is 38.7 Å². The number of primary amides is 1. The van der Waals surface area contributed by atoms with Crippen LogP contribution in [0.2, 0.25) is 0 Å². The zero-order valence-electron chi connectivity index (χ0n) is 20.5. The highest BCUT2D eigenvalue weighted by molar-refractivity contribution is 5.95. The number of phenolic OH excluding ortho intramolecular Hbond substituents is 1. The number of hydrogen-bond donors (Lipinski definition) is 8. The molecule has 0 aliphatic rings. The fraction of sp³-hybridized carbons (Fsp3) is 0.478. The lowest BCUT2D eigenvalue weighted by atomic mass is 10.00. The lowest BCUT2D eigenvalue weighted by molar-refractivity contribution is -0.142. The minimum Gasteiger partial charge on any atom is -0.508 e. The summed E-state index contributed by atoms with van der Waals surface area (Å²) in [6, 6.07) is 0.349. The van der Waals surface area contributed by atoms with Gasteiger partial charge in [-0.2, -0.15) is 0 Å². The molecular weight excluding hydrogens is 490 g/mol. The quantitative estimate of drug-likeness (QED) is 0.128. The maximum absolute atomic E-state index is 12.9. The Hall–Kier alpha value is -4.20. The number of amides is 4. The van der Waals surface area contributed by atoms with Crippen LogP contribution in [0.4, 0.5) is 0 Å². The highest BCUT2D eigenvalue weighted by Gasteiger charge is 2.32. The van der Waals surface area contributed by atoms with E-state index >= 15 is 0 Å². The Morgan fingerprint density at radius 3 is 1.92 bits per heavy atom. The molecule has 1 aromatic rings. The third-order valence-electron chi connectivity index (χ3n) is 5.28. The number of aromatic hydroxyl groups is 1. The van der Waals surface area contributed by atoms with Crippen molar-refractivity contribution in [2.24, 2.45) is 17.4 Å². The molecule has 14 heteroatoms. The molecule has 0 heterocycles. The molecule has 1 rings (SSSR count). The minimum absolute atomic E-state index is 0.0117. The molecule has 0 fully saturated rings. The summed E-state index contributed by atoms with van der Waals surface area (Å²) >= 11 is 0. The smallest absolute Gasteiger partial charge is 0.326 e. The van der Waals surface area contributed by atoms with Gasteiger partial charge in [0, 0.05) is 12.8 Å². The number of benzene rings is 1. The second-order valence-electron chi connectivity index (χ2n) is 8.77. The summed E-state index contributed by atoms with van der Waals surface area (Å²) in [6.45, 7) is 3.18. The van der Waals surface area contributed by atoms with Crippen molar-refractivity contribution in [2.45, 2.75) is 63.7 Å². The maximum Gasteiger partial charge on any atom is 0.326 e. The second kappa shape index (κ2) is 14.4. The summed E-state index contributed by atoms with van der Waals surface area (Å²) < 4.78 is 0. The van der Waals surface area contributed by atoms with Gasteiger partial charge in [-0.3, -0.25) is 24.0 Å². The van der Waals surface area contributed by atoms with Crippen LogP contribution >= 0.6 is 0 Å². The van der Waals surface area contributed by atoms with E-state index in [4.69, 9.17) is 16.6 Å². The van der Waals surface area contributed by atoms with Gasteiger partial charge in [-0.05, 0) is 30.0 Å². The molecule has 0 bridgehead atoms. The highest BCUT2D eigenvalue weighted by atomic mass is 16.4. The largest absolute Gasteiger partial charge is 0.508 e. The SMILES string of the molecule is CC(C)C(NC(=O)C(CCC(=O)O)NC(=O)C(N)CC(N)=O)C(=O)NC(Cc1ccc(O)cc1)C(=O)O. The first kappa shape index (κ1) is 30.8. The summed E-state index contributed by atoms with van der Waals surface area (Å²) in [6.07, 6.45) is -1.46. The van der Waals surface area contributed by atoms with Gasteiger partial charge >= 0.3 is 11.9 Å². The van der Waals surface area contributed by atoms with E-state index in [1.807, 2.05) is 0 Å². The molecule has 0 aliphatic carbocycles. The van der Waals surface area contributed by atoms with Crippen molar-refractivity contribution in [3.05, 3.63) is 29.8 Å². The maximum atomic E-state index is 12.9. The lowest BCUT2D eigenvalue weighted by Gasteiger charge is -2.27. The highest BCUT2D eigenvalue weighted by Crippen LogP contribution is 2.12. The monoisotopic (exact) mass is 523 g/mol. The van der Waals surface area contributed by atoms with Gasteiger partial charge < -0.3 is 42.7 Å². The molecule has 4 atom stereocenters. The van der Waals surface area contributed by atoms with Crippen LogP contribution in [0.15, 0.2) is 24.3 Å². The molecule has 0 spiro atoms. The molecule has 4 unspecified atom stereocenters. The molecular formula is C23H33N5O9. The number of nitrogens with two attached hydrogens (primary N) is 2. The average Bonchev–Trinajstić information content (AvgIpc) is 2.79. The van der Waals surface area contributed by atoms with Gasteiger partial charge in [0.15, 0.2) is 0 Å². The second-order valence-corrected chi connectivity index (χ2v) is 8.77. The number of rotatable bonds is 15. The van der Waals surface area contributed by atoms with Gasteiger partial charge in [0.1, 0.15) is 23.9 Å². The van der Waals surface area contributed by atoms with Crippen molar-refractivity contribution in [1.82, 2.24) is 16.0 Å². The van der Waals surface area contributed by atoms with E-state index in [2.05, 4.69) is 16.0 Å². The molecule has 0 aromatic heterocycles. The van der Waals surface area contributed by atoms with Crippen LogP contribution in [-0.2, 0) is 35.2 Å². The van der Waals surface area contributed by atoms with Crippen LogP contribution in [0.5, 0.6) is 5.75 Å². The summed E-state index contributed by atoms with van der Waals surface area (Å²) in [5.41, 5.74) is 11.1. The Morgan fingerprint density at radius 1 is 0.865 bits per heavy atom. The van der Waals surface area contributed by atoms with E-state index < -0.39 is 78.5 Å².